The van der Waals surface area contributed by atoms with Crippen LogP contribution in [-0.2, 0) is 13.0 Å². The van der Waals surface area contributed by atoms with Crippen LogP contribution in [0.4, 0.5) is 0 Å². The molecule has 0 spiro atoms. The van der Waals surface area contributed by atoms with Crippen LogP contribution in [0.5, 0.6) is 0 Å². The first kappa shape index (κ1) is 20.9. The van der Waals surface area contributed by atoms with Gasteiger partial charge in [-0.1, -0.05) is 49.6 Å². The number of aromatic nitrogens is 1. The van der Waals surface area contributed by atoms with Crippen molar-refractivity contribution in [1.29, 1.82) is 0 Å². The molecule has 2 aromatic rings. The van der Waals surface area contributed by atoms with Crippen LogP contribution in [0.3, 0.4) is 0 Å². The fourth-order valence-electron chi connectivity index (χ4n) is 4.38. The van der Waals surface area contributed by atoms with Crippen molar-refractivity contribution in [3.8, 4) is 11.1 Å². The fourth-order valence-corrected chi connectivity index (χ4v) is 4.61. The van der Waals surface area contributed by atoms with Crippen molar-refractivity contribution in [3.63, 3.8) is 0 Å². The minimum atomic E-state index is -0.373. The van der Waals surface area contributed by atoms with Gasteiger partial charge in [0.1, 0.15) is 0 Å². The zero-order valence-corrected chi connectivity index (χ0v) is 17.9. The van der Waals surface area contributed by atoms with Crippen LogP contribution in [0.15, 0.2) is 24.3 Å². The lowest BCUT2D eigenvalue weighted by Crippen LogP contribution is -2.33. The van der Waals surface area contributed by atoms with E-state index >= 15 is 0 Å². The number of hydrogen-bond donors (Lipinski definition) is 1. The summed E-state index contributed by atoms with van der Waals surface area (Å²) in [5.74, 6) is -0.373. The van der Waals surface area contributed by atoms with Crippen molar-refractivity contribution in [2.24, 2.45) is 5.73 Å². The number of nitrogens with zero attached hydrogens (tertiary/aromatic N) is 2. The van der Waals surface area contributed by atoms with E-state index in [9.17, 15) is 4.79 Å². The molecular formula is C23H32ClN3O. The van der Waals surface area contributed by atoms with E-state index < -0.39 is 0 Å². The molecule has 0 atom stereocenters. The molecule has 0 aliphatic carbocycles. The van der Waals surface area contributed by atoms with Gasteiger partial charge in [0.05, 0.1) is 5.56 Å². The number of carbonyl (C=O) groups excluding carboxylic acids is 1. The van der Waals surface area contributed by atoms with E-state index in [1.54, 1.807) is 0 Å². The summed E-state index contributed by atoms with van der Waals surface area (Å²) in [6, 6.07) is 7.76. The topological polar surface area (TPSA) is 51.3 Å². The molecule has 0 unspecified atom stereocenters. The highest BCUT2D eigenvalue weighted by atomic mass is 35.5. The van der Waals surface area contributed by atoms with Crippen LogP contribution in [0.2, 0.25) is 5.02 Å². The molecule has 0 bridgehead atoms. The van der Waals surface area contributed by atoms with E-state index in [0.29, 0.717) is 10.6 Å². The van der Waals surface area contributed by atoms with Crippen molar-refractivity contribution >= 4 is 17.5 Å². The second-order valence-electron chi connectivity index (χ2n) is 7.78. The first-order chi connectivity index (χ1) is 13.5. The van der Waals surface area contributed by atoms with Gasteiger partial charge in [-0.05, 0) is 51.8 Å². The molecule has 0 saturated carbocycles. The van der Waals surface area contributed by atoms with Crippen LogP contribution in [0.1, 0.15) is 60.8 Å². The number of carbonyl (C=O) groups is 1. The summed E-state index contributed by atoms with van der Waals surface area (Å²) in [6.45, 7) is 8.45. The van der Waals surface area contributed by atoms with E-state index in [2.05, 4.69) is 16.4 Å². The summed E-state index contributed by atoms with van der Waals surface area (Å²) in [7, 11) is 0. The van der Waals surface area contributed by atoms with Crippen molar-refractivity contribution in [3.05, 3.63) is 46.2 Å². The molecule has 1 saturated heterocycles. The minimum absolute atomic E-state index is 0.373. The lowest BCUT2D eigenvalue weighted by atomic mass is 9.97. The molecule has 4 nitrogen and oxygen atoms in total. The van der Waals surface area contributed by atoms with Gasteiger partial charge in [-0.15, -0.1) is 0 Å². The number of amides is 1. The Labute approximate surface area is 173 Å². The summed E-state index contributed by atoms with van der Waals surface area (Å²) >= 11 is 6.53. The molecule has 1 aromatic carbocycles. The van der Waals surface area contributed by atoms with Gasteiger partial charge >= 0.3 is 0 Å². The molecule has 3 rings (SSSR count). The first-order valence-electron chi connectivity index (χ1n) is 10.5. The van der Waals surface area contributed by atoms with E-state index in [-0.39, 0.29) is 5.91 Å². The van der Waals surface area contributed by atoms with E-state index in [1.807, 2.05) is 31.2 Å². The van der Waals surface area contributed by atoms with Gasteiger partial charge < -0.3 is 15.2 Å². The standard InChI is InChI=1S/C23H32ClN3O/c1-3-4-12-20-22(18-10-6-7-11-19(18)24)21(23(25)28)17(2)27(20)16-15-26-13-8-5-9-14-26/h6-7,10-11H,3-5,8-9,12-16H2,1-2H3,(H2,25,28). The summed E-state index contributed by atoms with van der Waals surface area (Å²) in [5.41, 5.74) is 10.5. The molecule has 1 aromatic heterocycles. The third-order valence-corrected chi connectivity index (χ3v) is 6.21. The molecular weight excluding hydrogens is 370 g/mol. The number of nitrogens with two attached hydrogens (primary N) is 1. The number of piperidine rings is 1. The number of likely N-dealkylation sites (tertiary alicyclic amines) is 1. The van der Waals surface area contributed by atoms with Crippen LogP contribution < -0.4 is 5.73 Å². The Morgan fingerprint density at radius 2 is 1.86 bits per heavy atom. The van der Waals surface area contributed by atoms with Crippen LogP contribution in [0.25, 0.3) is 11.1 Å². The number of unbranched alkanes of at least 4 members (excludes halogenated alkanes) is 1. The molecule has 2 N–H and O–H groups in total. The zero-order valence-electron chi connectivity index (χ0n) is 17.1. The minimum Gasteiger partial charge on any atom is -0.366 e. The predicted octanol–water partition coefficient (Wildman–Crippen LogP) is 5.04. The Hall–Kier alpha value is -1.78. The van der Waals surface area contributed by atoms with E-state index in [4.69, 9.17) is 17.3 Å². The lowest BCUT2D eigenvalue weighted by Gasteiger charge is -2.27. The Kier molecular flexibility index (Phi) is 7.19. The fraction of sp³-hybridized carbons (Fsp3) is 0.522. The van der Waals surface area contributed by atoms with Crippen LogP contribution >= 0.6 is 11.6 Å². The lowest BCUT2D eigenvalue weighted by molar-refractivity contribution is 0.1000. The second kappa shape index (κ2) is 9.62. The maximum absolute atomic E-state index is 12.4. The number of halogens is 1. The maximum Gasteiger partial charge on any atom is 0.251 e. The Bertz CT molecular complexity index is 821. The average Bonchev–Trinajstić information content (AvgIpc) is 2.97. The highest BCUT2D eigenvalue weighted by Crippen LogP contribution is 2.37. The molecule has 28 heavy (non-hydrogen) atoms. The molecule has 152 valence electrons. The quantitative estimate of drug-likeness (QED) is 0.673. The average molecular weight is 402 g/mol. The highest BCUT2D eigenvalue weighted by molar-refractivity contribution is 6.33. The normalized spacial score (nSPS) is 15.1. The Balaban J connectivity index is 2.05. The largest absolute Gasteiger partial charge is 0.366 e. The zero-order chi connectivity index (χ0) is 20.1. The van der Waals surface area contributed by atoms with Gasteiger partial charge in [0.25, 0.3) is 5.91 Å². The summed E-state index contributed by atoms with van der Waals surface area (Å²) < 4.78 is 2.32. The van der Waals surface area contributed by atoms with Crippen LogP contribution in [-0.4, -0.2) is 35.0 Å². The van der Waals surface area contributed by atoms with Gasteiger partial charge in [-0.2, -0.15) is 0 Å². The second-order valence-corrected chi connectivity index (χ2v) is 8.19. The van der Waals surface area contributed by atoms with Crippen LogP contribution in [0, 0.1) is 6.92 Å². The Morgan fingerprint density at radius 3 is 2.50 bits per heavy atom. The summed E-state index contributed by atoms with van der Waals surface area (Å²) in [4.78, 5) is 15.0. The molecule has 1 fully saturated rings. The molecule has 0 radical (unpaired) electrons. The molecule has 5 heteroatoms. The first-order valence-corrected chi connectivity index (χ1v) is 10.9. The van der Waals surface area contributed by atoms with E-state index in [1.165, 1.54) is 38.0 Å². The number of primary amides is 1. The summed E-state index contributed by atoms with van der Waals surface area (Å²) in [5, 5.41) is 0.663. The number of hydrogen-bond acceptors (Lipinski definition) is 2. The molecule has 1 aliphatic heterocycles. The predicted molar refractivity (Wildman–Crippen MR) is 117 cm³/mol. The van der Waals surface area contributed by atoms with Gasteiger partial charge in [-0.3, -0.25) is 4.79 Å². The SMILES string of the molecule is CCCCc1c(-c2ccccc2Cl)c(C(N)=O)c(C)n1CCN1CCCCC1. The molecule has 2 heterocycles. The number of benzene rings is 1. The van der Waals surface area contributed by atoms with Gasteiger partial charge in [-0.25, -0.2) is 0 Å². The van der Waals surface area contributed by atoms with Gasteiger partial charge in [0, 0.05) is 40.6 Å². The Morgan fingerprint density at radius 1 is 1.14 bits per heavy atom. The third kappa shape index (κ3) is 4.44. The van der Waals surface area contributed by atoms with Crippen molar-refractivity contribution in [1.82, 2.24) is 9.47 Å². The monoisotopic (exact) mass is 401 g/mol. The smallest absolute Gasteiger partial charge is 0.251 e. The van der Waals surface area contributed by atoms with Crippen molar-refractivity contribution in [2.75, 3.05) is 19.6 Å². The third-order valence-electron chi connectivity index (χ3n) is 5.88. The molecule has 1 amide bonds. The van der Waals surface area contributed by atoms with Gasteiger partial charge in [0.15, 0.2) is 0 Å². The van der Waals surface area contributed by atoms with Gasteiger partial charge in [0.2, 0.25) is 0 Å². The number of rotatable bonds is 8. The highest BCUT2D eigenvalue weighted by Gasteiger charge is 2.26. The maximum atomic E-state index is 12.4. The van der Waals surface area contributed by atoms with E-state index in [0.717, 1.165) is 49.2 Å². The van der Waals surface area contributed by atoms with Crippen molar-refractivity contribution < 1.29 is 4.79 Å². The van der Waals surface area contributed by atoms with Crippen molar-refractivity contribution in [2.45, 2.75) is 58.9 Å². The summed E-state index contributed by atoms with van der Waals surface area (Å²) in [6.07, 6.45) is 7.00. The molecule has 1 aliphatic rings.